The van der Waals surface area contributed by atoms with E-state index in [1.165, 1.54) is 6.92 Å². The van der Waals surface area contributed by atoms with E-state index < -0.39 is 16.4 Å². The Hall–Kier alpha value is -2.18. The molecule has 7 nitrogen and oxygen atoms in total. The van der Waals surface area contributed by atoms with Gasteiger partial charge >= 0.3 is 0 Å². The highest BCUT2D eigenvalue weighted by Gasteiger charge is 2.15. The Kier molecular flexibility index (Phi) is 2.84. The van der Waals surface area contributed by atoms with Crippen molar-refractivity contribution >= 4 is 11.6 Å². The maximum absolute atomic E-state index is 11.3. The number of hydrogen-bond acceptors (Lipinski definition) is 4. The molecule has 0 aliphatic carbocycles. The van der Waals surface area contributed by atoms with E-state index in [4.69, 9.17) is 5.73 Å². The SMILES string of the molecule is Cc1c([N+](=O)[O-])ccc(=O)n1CC(N)=O. The molecule has 0 aromatic carbocycles. The molecule has 0 unspecified atom stereocenters. The van der Waals surface area contributed by atoms with Crippen molar-refractivity contribution < 1.29 is 9.72 Å². The van der Waals surface area contributed by atoms with Crippen molar-refractivity contribution in [3.63, 3.8) is 0 Å². The lowest BCUT2D eigenvalue weighted by atomic mass is 10.3. The molecule has 0 saturated carbocycles. The molecule has 0 atom stereocenters. The summed E-state index contributed by atoms with van der Waals surface area (Å²) in [6.07, 6.45) is 0. The average molecular weight is 211 g/mol. The Morgan fingerprint density at radius 3 is 2.67 bits per heavy atom. The monoisotopic (exact) mass is 211 g/mol. The molecule has 1 aromatic rings. The summed E-state index contributed by atoms with van der Waals surface area (Å²) < 4.78 is 0.973. The van der Waals surface area contributed by atoms with E-state index in [0.29, 0.717) is 0 Å². The van der Waals surface area contributed by atoms with E-state index in [-0.39, 0.29) is 17.9 Å². The first-order valence-electron chi connectivity index (χ1n) is 4.06. The number of nitro groups is 1. The van der Waals surface area contributed by atoms with E-state index in [1.54, 1.807) is 0 Å². The zero-order chi connectivity index (χ0) is 11.6. The molecule has 15 heavy (non-hydrogen) atoms. The summed E-state index contributed by atoms with van der Waals surface area (Å²) in [6, 6.07) is 2.14. The van der Waals surface area contributed by atoms with E-state index >= 15 is 0 Å². The highest BCUT2D eigenvalue weighted by atomic mass is 16.6. The van der Waals surface area contributed by atoms with Gasteiger partial charge in [-0.05, 0) is 6.92 Å². The molecule has 0 radical (unpaired) electrons. The lowest BCUT2D eigenvalue weighted by molar-refractivity contribution is -0.386. The second-order valence-corrected chi connectivity index (χ2v) is 2.95. The van der Waals surface area contributed by atoms with Crippen LogP contribution in [-0.2, 0) is 11.3 Å². The lowest BCUT2D eigenvalue weighted by Crippen LogP contribution is -2.29. The Balaban J connectivity index is 3.36. The highest BCUT2D eigenvalue weighted by molar-refractivity contribution is 5.73. The van der Waals surface area contributed by atoms with Gasteiger partial charge in [0.1, 0.15) is 6.54 Å². The maximum Gasteiger partial charge on any atom is 0.288 e. The topological polar surface area (TPSA) is 108 Å². The number of amides is 1. The van der Waals surface area contributed by atoms with E-state index in [2.05, 4.69) is 0 Å². The summed E-state index contributed by atoms with van der Waals surface area (Å²) in [7, 11) is 0. The quantitative estimate of drug-likeness (QED) is 0.539. The molecule has 0 spiro atoms. The first-order chi connectivity index (χ1) is 6.93. The molecule has 1 heterocycles. The zero-order valence-corrected chi connectivity index (χ0v) is 7.97. The van der Waals surface area contributed by atoms with Crippen molar-refractivity contribution in [3.05, 3.63) is 38.3 Å². The van der Waals surface area contributed by atoms with Crippen molar-refractivity contribution in [1.29, 1.82) is 0 Å². The maximum atomic E-state index is 11.3. The van der Waals surface area contributed by atoms with Crippen LogP contribution in [0, 0.1) is 17.0 Å². The summed E-state index contributed by atoms with van der Waals surface area (Å²) >= 11 is 0. The average Bonchev–Trinajstić information content (AvgIpc) is 2.11. The Morgan fingerprint density at radius 1 is 1.60 bits per heavy atom. The first-order valence-corrected chi connectivity index (χ1v) is 4.06. The second kappa shape index (κ2) is 3.91. The number of nitrogens with zero attached hydrogens (tertiary/aromatic N) is 2. The number of rotatable bonds is 3. The van der Waals surface area contributed by atoms with Crippen molar-refractivity contribution in [1.82, 2.24) is 4.57 Å². The normalized spacial score (nSPS) is 9.93. The molecular formula is C8H9N3O4. The molecule has 0 fully saturated rings. The van der Waals surface area contributed by atoms with Gasteiger partial charge in [-0.3, -0.25) is 24.3 Å². The Bertz CT molecular complexity index is 477. The van der Waals surface area contributed by atoms with Gasteiger partial charge in [0, 0.05) is 12.1 Å². The van der Waals surface area contributed by atoms with E-state index in [1.807, 2.05) is 0 Å². The fourth-order valence-corrected chi connectivity index (χ4v) is 1.21. The summed E-state index contributed by atoms with van der Waals surface area (Å²) in [5, 5.41) is 10.5. The number of hydrogen-bond donors (Lipinski definition) is 1. The predicted octanol–water partition coefficient (Wildman–Crippen LogP) is -0.450. The third-order valence-corrected chi connectivity index (χ3v) is 1.94. The van der Waals surface area contributed by atoms with Crippen molar-refractivity contribution in [2.75, 3.05) is 0 Å². The molecular weight excluding hydrogens is 202 g/mol. The van der Waals surface area contributed by atoms with Crippen LogP contribution in [0.4, 0.5) is 5.69 Å². The van der Waals surface area contributed by atoms with Gasteiger partial charge in [0.2, 0.25) is 5.91 Å². The standard InChI is InChI=1S/C8H9N3O4/c1-5-6(11(14)15)2-3-8(13)10(5)4-7(9)12/h2-3H,4H2,1H3,(H2,9,12). The van der Waals surface area contributed by atoms with Crippen LogP contribution in [0.25, 0.3) is 0 Å². The van der Waals surface area contributed by atoms with Crippen LogP contribution in [-0.4, -0.2) is 15.4 Å². The zero-order valence-electron chi connectivity index (χ0n) is 7.97. The fraction of sp³-hybridized carbons (Fsp3) is 0.250. The minimum atomic E-state index is -0.722. The number of aromatic nitrogens is 1. The molecule has 0 bridgehead atoms. The summed E-state index contributed by atoms with van der Waals surface area (Å²) in [5.74, 6) is -0.722. The molecule has 80 valence electrons. The number of carbonyl (C=O) groups is 1. The van der Waals surface area contributed by atoms with Gasteiger partial charge in [-0.25, -0.2) is 0 Å². The van der Waals surface area contributed by atoms with Gasteiger partial charge in [-0.15, -0.1) is 0 Å². The van der Waals surface area contributed by atoms with Gasteiger partial charge in [0.15, 0.2) is 0 Å². The van der Waals surface area contributed by atoms with Gasteiger partial charge in [-0.1, -0.05) is 0 Å². The van der Waals surface area contributed by atoms with Crippen molar-refractivity contribution in [2.24, 2.45) is 5.73 Å². The van der Waals surface area contributed by atoms with Gasteiger partial charge in [0.05, 0.1) is 10.6 Å². The van der Waals surface area contributed by atoms with Crippen LogP contribution >= 0.6 is 0 Å². The van der Waals surface area contributed by atoms with Crippen LogP contribution in [0.3, 0.4) is 0 Å². The molecule has 2 N–H and O–H groups in total. The molecule has 0 aliphatic heterocycles. The molecule has 1 rings (SSSR count). The molecule has 0 saturated heterocycles. The smallest absolute Gasteiger partial charge is 0.288 e. The van der Waals surface area contributed by atoms with Crippen LogP contribution in [0.5, 0.6) is 0 Å². The number of pyridine rings is 1. The largest absolute Gasteiger partial charge is 0.368 e. The van der Waals surface area contributed by atoms with Gasteiger partial charge < -0.3 is 5.73 Å². The molecule has 1 aromatic heterocycles. The molecule has 7 heteroatoms. The highest BCUT2D eigenvalue weighted by Crippen LogP contribution is 2.13. The van der Waals surface area contributed by atoms with Gasteiger partial charge in [-0.2, -0.15) is 0 Å². The first kappa shape index (κ1) is 10.9. The van der Waals surface area contributed by atoms with Crippen molar-refractivity contribution in [3.8, 4) is 0 Å². The van der Waals surface area contributed by atoms with Gasteiger partial charge in [0.25, 0.3) is 11.2 Å². The van der Waals surface area contributed by atoms with Crippen LogP contribution in [0.15, 0.2) is 16.9 Å². The lowest BCUT2D eigenvalue weighted by Gasteiger charge is -2.06. The third-order valence-electron chi connectivity index (χ3n) is 1.94. The van der Waals surface area contributed by atoms with Crippen LogP contribution < -0.4 is 11.3 Å². The number of nitrogens with two attached hydrogens (primary N) is 1. The van der Waals surface area contributed by atoms with Crippen LogP contribution in [0.1, 0.15) is 5.69 Å². The third kappa shape index (κ3) is 2.19. The van der Waals surface area contributed by atoms with Crippen molar-refractivity contribution in [2.45, 2.75) is 13.5 Å². The minimum Gasteiger partial charge on any atom is -0.368 e. The molecule has 1 amide bonds. The number of carbonyl (C=O) groups excluding carboxylic acids is 1. The second-order valence-electron chi connectivity index (χ2n) is 2.95. The predicted molar refractivity (Wildman–Crippen MR) is 51.3 cm³/mol. The Morgan fingerprint density at radius 2 is 2.20 bits per heavy atom. The van der Waals surface area contributed by atoms with Crippen LogP contribution in [0.2, 0.25) is 0 Å². The van der Waals surface area contributed by atoms with E-state index in [9.17, 15) is 19.7 Å². The minimum absolute atomic E-state index is 0.117. The Labute approximate surface area is 84.3 Å². The molecule has 0 aliphatic rings. The summed E-state index contributed by atoms with van der Waals surface area (Å²) in [5.41, 5.74) is 4.34. The number of primary amides is 1. The summed E-state index contributed by atoms with van der Waals surface area (Å²) in [6.45, 7) is 1.04. The summed E-state index contributed by atoms with van der Waals surface area (Å²) in [4.78, 5) is 31.9. The fourth-order valence-electron chi connectivity index (χ4n) is 1.21. The van der Waals surface area contributed by atoms with E-state index in [0.717, 1.165) is 16.7 Å².